The first-order valence-electron chi connectivity index (χ1n) is 6.98. The molecule has 0 unspecified atom stereocenters. The zero-order valence-electron chi connectivity index (χ0n) is 11.9. The second-order valence-corrected chi connectivity index (χ2v) is 4.51. The van der Waals surface area contributed by atoms with Crippen LogP contribution in [-0.4, -0.2) is 18.4 Å². The smallest absolute Gasteiger partial charge is 0.276 e. The first-order valence-corrected chi connectivity index (χ1v) is 6.98. The number of hydrogen-bond donors (Lipinski definition) is 2. The van der Waals surface area contributed by atoms with Crippen molar-refractivity contribution in [3.05, 3.63) is 30.3 Å². The molecule has 0 aliphatic rings. The number of amides is 2. The van der Waals surface area contributed by atoms with Crippen LogP contribution in [0.25, 0.3) is 0 Å². The van der Waals surface area contributed by atoms with Crippen molar-refractivity contribution < 1.29 is 14.3 Å². The summed E-state index contributed by atoms with van der Waals surface area (Å²) >= 11 is 0. The van der Waals surface area contributed by atoms with Crippen LogP contribution < -0.4 is 15.6 Å². The number of ether oxygens (including phenoxy) is 1. The monoisotopic (exact) mass is 278 g/mol. The van der Waals surface area contributed by atoms with Crippen LogP contribution in [0.1, 0.15) is 39.0 Å². The van der Waals surface area contributed by atoms with Crippen LogP contribution >= 0.6 is 0 Å². The topological polar surface area (TPSA) is 67.4 Å². The molecule has 0 radical (unpaired) electrons. The molecular weight excluding hydrogens is 256 g/mol. The van der Waals surface area contributed by atoms with Gasteiger partial charge in [0.15, 0.2) is 6.61 Å². The van der Waals surface area contributed by atoms with Crippen molar-refractivity contribution in [2.75, 3.05) is 6.61 Å². The minimum atomic E-state index is -0.379. The normalized spacial score (nSPS) is 9.85. The van der Waals surface area contributed by atoms with Gasteiger partial charge in [-0.3, -0.25) is 20.4 Å². The summed E-state index contributed by atoms with van der Waals surface area (Å²) in [6.45, 7) is 1.99. The summed E-state index contributed by atoms with van der Waals surface area (Å²) in [6.07, 6.45) is 4.57. The van der Waals surface area contributed by atoms with Crippen LogP contribution in [-0.2, 0) is 9.59 Å². The molecule has 0 atom stereocenters. The van der Waals surface area contributed by atoms with Crippen LogP contribution in [0.15, 0.2) is 30.3 Å². The largest absolute Gasteiger partial charge is 0.484 e. The Labute approximate surface area is 119 Å². The van der Waals surface area contributed by atoms with Crippen molar-refractivity contribution in [3.63, 3.8) is 0 Å². The number of hydrazine groups is 1. The predicted octanol–water partition coefficient (Wildman–Crippen LogP) is 2.18. The van der Waals surface area contributed by atoms with Gasteiger partial charge in [0.1, 0.15) is 5.75 Å². The number of para-hydroxylation sites is 1. The van der Waals surface area contributed by atoms with E-state index in [0.717, 1.165) is 25.7 Å². The minimum Gasteiger partial charge on any atom is -0.484 e. The maximum absolute atomic E-state index is 11.4. The highest BCUT2D eigenvalue weighted by atomic mass is 16.5. The summed E-state index contributed by atoms with van der Waals surface area (Å²) in [5.41, 5.74) is 4.71. The van der Waals surface area contributed by atoms with E-state index in [9.17, 15) is 9.59 Å². The molecule has 0 saturated heterocycles. The molecule has 2 amide bonds. The molecule has 0 aliphatic carbocycles. The Bertz CT molecular complexity index is 407. The van der Waals surface area contributed by atoms with Crippen molar-refractivity contribution in [1.29, 1.82) is 0 Å². The van der Waals surface area contributed by atoms with E-state index in [-0.39, 0.29) is 18.4 Å². The molecule has 5 nitrogen and oxygen atoms in total. The van der Waals surface area contributed by atoms with Gasteiger partial charge in [-0.05, 0) is 18.6 Å². The molecular formula is C15H22N2O3. The summed E-state index contributed by atoms with van der Waals surface area (Å²) in [6, 6.07) is 9.04. The zero-order chi connectivity index (χ0) is 14.6. The Hall–Kier alpha value is -2.04. The molecule has 5 heteroatoms. The summed E-state index contributed by atoms with van der Waals surface area (Å²) < 4.78 is 5.25. The number of benzene rings is 1. The lowest BCUT2D eigenvalue weighted by Crippen LogP contribution is -2.43. The summed E-state index contributed by atoms with van der Waals surface area (Å²) in [7, 11) is 0. The van der Waals surface area contributed by atoms with Gasteiger partial charge in [-0.2, -0.15) is 0 Å². The number of carbonyl (C=O) groups excluding carboxylic acids is 2. The molecule has 0 bridgehead atoms. The van der Waals surface area contributed by atoms with E-state index >= 15 is 0 Å². The lowest BCUT2D eigenvalue weighted by atomic mass is 10.1. The third kappa shape index (κ3) is 7.41. The third-order valence-corrected chi connectivity index (χ3v) is 2.71. The Morgan fingerprint density at radius 1 is 1.00 bits per heavy atom. The lowest BCUT2D eigenvalue weighted by Gasteiger charge is -2.08. The molecule has 0 saturated carbocycles. The van der Waals surface area contributed by atoms with Crippen LogP contribution in [0.2, 0.25) is 0 Å². The quantitative estimate of drug-likeness (QED) is 0.566. The summed E-state index contributed by atoms with van der Waals surface area (Å²) in [4.78, 5) is 22.9. The van der Waals surface area contributed by atoms with E-state index in [1.807, 2.05) is 18.2 Å². The molecule has 110 valence electrons. The molecule has 0 spiro atoms. The number of nitrogens with one attached hydrogen (secondary N) is 2. The molecule has 0 aliphatic heterocycles. The highest BCUT2D eigenvalue weighted by Crippen LogP contribution is 2.07. The average molecular weight is 278 g/mol. The minimum absolute atomic E-state index is 0.125. The fourth-order valence-corrected chi connectivity index (χ4v) is 1.62. The first kappa shape index (κ1) is 16.0. The number of rotatable bonds is 8. The van der Waals surface area contributed by atoms with Crippen LogP contribution in [0.5, 0.6) is 5.75 Å². The van der Waals surface area contributed by atoms with Gasteiger partial charge in [0.05, 0.1) is 0 Å². The summed E-state index contributed by atoms with van der Waals surface area (Å²) in [5, 5.41) is 0. The van der Waals surface area contributed by atoms with Gasteiger partial charge in [-0.25, -0.2) is 0 Å². The van der Waals surface area contributed by atoms with Crippen molar-refractivity contribution in [1.82, 2.24) is 10.9 Å². The molecule has 1 aromatic rings. The standard InChI is InChI=1S/C15H22N2O3/c1-2-3-4-8-11-14(18)16-17-15(19)12-20-13-9-6-5-7-10-13/h5-7,9-10H,2-4,8,11-12H2,1H3,(H,16,18)(H,17,19). The van der Waals surface area contributed by atoms with E-state index in [1.165, 1.54) is 0 Å². The molecule has 1 rings (SSSR count). The van der Waals surface area contributed by atoms with Gasteiger partial charge >= 0.3 is 0 Å². The van der Waals surface area contributed by atoms with Gasteiger partial charge in [0.25, 0.3) is 5.91 Å². The van der Waals surface area contributed by atoms with Crippen molar-refractivity contribution in [3.8, 4) is 5.75 Å². The zero-order valence-corrected chi connectivity index (χ0v) is 11.9. The number of carbonyl (C=O) groups is 2. The highest BCUT2D eigenvalue weighted by Gasteiger charge is 2.05. The molecule has 1 aromatic carbocycles. The predicted molar refractivity (Wildman–Crippen MR) is 77.0 cm³/mol. The van der Waals surface area contributed by atoms with Crippen molar-refractivity contribution in [2.24, 2.45) is 0 Å². The molecule has 2 N–H and O–H groups in total. The fourth-order valence-electron chi connectivity index (χ4n) is 1.62. The Kier molecular flexibility index (Phi) is 7.87. The van der Waals surface area contributed by atoms with E-state index in [2.05, 4.69) is 17.8 Å². The molecule has 20 heavy (non-hydrogen) atoms. The van der Waals surface area contributed by atoms with Crippen molar-refractivity contribution in [2.45, 2.75) is 39.0 Å². The maximum Gasteiger partial charge on any atom is 0.276 e. The van der Waals surface area contributed by atoms with Gasteiger partial charge in [-0.1, -0.05) is 44.4 Å². The second-order valence-electron chi connectivity index (χ2n) is 4.51. The summed E-state index contributed by atoms with van der Waals surface area (Å²) in [5.74, 6) is 0.0680. The van der Waals surface area contributed by atoms with Gasteiger partial charge in [-0.15, -0.1) is 0 Å². The van der Waals surface area contributed by atoms with E-state index < -0.39 is 0 Å². The molecule has 0 aromatic heterocycles. The van der Waals surface area contributed by atoms with Gasteiger partial charge < -0.3 is 4.74 Å². The Morgan fingerprint density at radius 2 is 1.70 bits per heavy atom. The SMILES string of the molecule is CCCCCCC(=O)NNC(=O)COc1ccccc1. The second kappa shape index (κ2) is 9.83. The fraction of sp³-hybridized carbons (Fsp3) is 0.467. The van der Waals surface area contributed by atoms with Gasteiger partial charge in [0.2, 0.25) is 5.91 Å². The first-order chi connectivity index (χ1) is 9.72. The highest BCUT2D eigenvalue weighted by molar-refractivity contribution is 5.82. The van der Waals surface area contributed by atoms with Crippen LogP contribution in [0, 0.1) is 0 Å². The Balaban J connectivity index is 2.09. The molecule has 0 fully saturated rings. The molecule has 0 heterocycles. The Morgan fingerprint density at radius 3 is 2.40 bits per heavy atom. The maximum atomic E-state index is 11.4. The lowest BCUT2D eigenvalue weighted by molar-refractivity contribution is -0.130. The number of unbranched alkanes of at least 4 members (excludes halogenated alkanes) is 3. The van der Waals surface area contributed by atoms with Crippen LogP contribution in [0.3, 0.4) is 0 Å². The van der Waals surface area contributed by atoms with E-state index in [0.29, 0.717) is 12.2 Å². The van der Waals surface area contributed by atoms with E-state index in [4.69, 9.17) is 4.74 Å². The average Bonchev–Trinajstić information content (AvgIpc) is 2.48. The third-order valence-electron chi connectivity index (χ3n) is 2.71. The van der Waals surface area contributed by atoms with Crippen LogP contribution in [0.4, 0.5) is 0 Å². The number of hydrogen-bond acceptors (Lipinski definition) is 3. The van der Waals surface area contributed by atoms with Crippen molar-refractivity contribution >= 4 is 11.8 Å². The van der Waals surface area contributed by atoms with Gasteiger partial charge in [0, 0.05) is 6.42 Å². The van der Waals surface area contributed by atoms with E-state index in [1.54, 1.807) is 12.1 Å².